The van der Waals surface area contributed by atoms with Gasteiger partial charge in [-0.1, -0.05) is 60.7 Å². The second-order valence-electron chi connectivity index (χ2n) is 6.69. The number of rotatable bonds is 5. The molecule has 6 heteroatoms. The molecule has 0 radical (unpaired) electrons. The van der Waals surface area contributed by atoms with Gasteiger partial charge in [-0.25, -0.2) is 0 Å². The molecular formula is C24H19N3O3. The lowest BCUT2D eigenvalue weighted by Gasteiger charge is -2.10. The lowest BCUT2D eigenvalue weighted by atomic mass is 10.0. The number of para-hydroxylation sites is 2. The van der Waals surface area contributed by atoms with E-state index in [1.807, 2.05) is 48.5 Å². The van der Waals surface area contributed by atoms with Gasteiger partial charge in [0, 0.05) is 18.0 Å². The zero-order valence-electron chi connectivity index (χ0n) is 16.2. The van der Waals surface area contributed by atoms with Crippen molar-refractivity contribution in [3.05, 3.63) is 90.0 Å². The quantitative estimate of drug-likeness (QED) is 0.351. The summed E-state index contributed by atoms with van der Waals surface area (Å²) >= 11 is 0. The predicted octanol–water partition coefficient (Wildman–Crippen LogP) is 4.02. The summed E-state index contributed by atoms with van der Waals surface area (Å²) in [6, 6.07) is 23.3. The van der Waals surface area contributed by atoms with Crippen molar-refractivity contribution < 1.29 is 14.4 Å². The molecule has 3 N–H and O–H groups in total. The minimum Gasteiger partial charge on any atom is -0.355 e. The van der Waals surface area contributed by atoms with E-state index in [4.69, 9.17) is 0 Å². The van der Waals surface area contributed by atoms with Crippen LogP contribution in [0.25, 0.3) is 22.2 Å². The maximum absolute atomic E-state index is 13.2. The standard InChI is InChI=1S/C24H19N3O3/c1-25-23(29)17-12-6-8-14-19(17)27-24(30)22(28)20-16-11-5-7-13-18(16)26-21(20)15-9-3-2-4-10-15/h2-14,26H,1H3,(H,25,29)(H,27,30). The number of ketones is 1. The fourth-order valence-corrected chi connectivity index (χ4v) is 3.42. The zero-order valence-corrected chi connectivity index (χ0v) is 16.2. The number of aromatic amines is 1. The van der Waals surface area contributed by atoms with Crippen LogP contribution in [-0.2, 0) is 4.79 Å². The molecule has 0 aliphatic heterocycles. The average molecular weight is 397 g/mol. The first-order chi connectivity index (χ1) is 14.6. The number of carbonyl (C=O) groups is 3. The van der Waals surface area contributed by atoms with Crippen LogP contribution in [0.1, 0.15) is 20.7 Å². The molecule has 4 rings (SSSR count). The molecule has 148 valence electrons. The first-order valence-corrected chi connectivity index (χ1v) is 9.43. The third-order valence-corrected chi connectivity index (χ3v) is 4.85. The van der Waals surface area contributed by atoms with Gasteiger partial charge in [0.2, 0.25) is 0 Å². The Kier molecular flexibility index (Phi) is 5.13. The van der Waals surface area contributed by atoms with Gasteiger partial charge < -0.3 is 15.6 Å². The second-order valence-corrected chi connectivity index (χ2v) is 6.69. The van der Waals surface area contributed by atoms with Crippen LogP contribution >= 0.6 is 0 Å². The number of anilines is 1. The van der Waals surface area contributed by atoms with Gasteiger partial charge in [-0.3, -0.25) is 14.4 Å². The Morgan fingerprint density at radius 3 is 2.23 bits per heavy atom. The molecule has 30 heavy (non-hydrogen) atoms. The number of aromatic nitrogens is 1. The average Bonchev–Trinajstić information content (AvgIpc) is 3.18. The SMILES string of the molecule is CNC(=O)c1ccccc1NC(=O)C(=O)c1c(-c2ccccc2)[nH]c2ccccc12. The van der Waals surface area contributed by atoms with Gasteiger partial charge in [0.15, 0.2) is 0 Å². The lowest BCUT2D eigenvalue weighted by Crippen LogP contribution is -2.26. The Morgan fingerprint density at radius 1 is 0.800 bits per heavy atom. The first kappa shape index (κ1) is 19.1. The summed E-state index contributed by atoms with van der Waals surface area (Å²) in [6.45, 7) is 0. The van der Waals surface area contributed by atoms with Crippen LogP contribution in [0.5, 0.6) is 0 Å². The highest BCUT2D eigenvalue weighted by atomic mass is 16.2. The highest BCUT2D eigenvalue weighted by Gasteiger charge is 2.26. The van der Waals surface area contributed by atoms with Crippen molar-refractivity contribution in [3.63, 3.8) is 0 Å². The molecular weight excluding hydrogens is 378 g/mol. The summed E-state index contributed by atoms with van der Waals surface area (Å²) in [5, 5.41) is 5.78. The molecule has 4 aromatic rings. The largest absolute Gasteiger partial charge is 0.355 e. The summed E-state index contributed by atoms with van der Waals surface area (Å²) in [6.07, 6.45) is 0. The van der Waals surface area contributed by atoms with Crippen LogP contribution in [0, 0.1) is 0 Å². The van der Waals surface area contributed by atoms with Gasteiger partial charge in [-0.2, -0.15) is 0 Å². The van der Waals surface area contributed by atoms with Crippen LogP contribution in [0.4, 0.5) is 5.69 Å². The molecule has 1 heterocycles. The van der Waals surface area contributed by atoms with Crippen molar-refractivity contribution in [2.45, 2.75) is 0 Å². The van der Waals surface area contributed by atoms with E-state index >= 15 is 0 Å². The minimum absolute atomic E-state index is 0.274. The second kappa shape index (κ2) is 8.05. The molecule has 3 aromatic carbocycles. The maximum Gasteiger partial charge on any atom is 0.296 e. The van der Waals surface area contributed by atoms with Crippen molar-refractivity contribution in [2.75, 3.05) is 12.4 Å². The molecule has 0 bridgehead atoms. The molecule has 0 spiro atoms. The minimum atomic E-state index is -0.812. The number of hydrogen-bond acceptors (Lipinski definition) is 3. The Balaban J connectivity index is 1.76. The summed E-state index contributed by atoms with van der Waals surface area (Å²) in [4.78, 5) is 41.5. The summed E-state index contributed by atoms with van der Waals surface area (Å²) in [5.41, 5.74) is 3.00. The van der Waals surface area contributed by atoms with Crippen molar-refractivity contribution in [1.29, 1.82) is 0 Å². The molecule has 1 aromatic heterocycles. The van der Waals surface area contributed by atoms with E-state index in [0.717, 1.165) is 11.1 Å². The number of fused-ring (bicyclic) bond motifs is 1. The third-order valence-electron chi connectivity index (χ3n) is 4.85. The third kappa shape index (κ3) is 3.46. The van der Waals surface area contributed by atoms with E-state index in [1.54, 1.807) is 30.3 Å². The molecule has 0 saturated carbocycles. The van der Waals surface area contributed by atoms with Crippen LogP contribution in [0.3, 0.4) is 0 Å². The van der Waals surface area contributed by atoms with E-state index in [1.165, 1.54) is 7.05 Å². The van der Waals surface area contributed by atoms with Crippen LogP contribution in [-0.4, -0.2) is 29.6 Å². The normalized spacial score (nSPS) is 10.6. The van der Waals surface area contributed by atoms with Crippen LogP contribution in [0.15, 0.2) is 78.9 Å². The fraction of sp³-hybridized carbons (Fsp3) is 0.0417. The number of amides is 2. The van der Waals surface area contributed by atoms with E-state index in [9.17, 15) is 14.4 Å². The van der Waals surface area contributed by atoms with Crippen molar-refractivity contribution in [1.82, 2.24) is 10.3 Å². The molecule has 2 amide bonds. The molecule has 0 fully saturated rings. The number of nitrogens with one attached hydrogen (secondary N) is 3. The van der Waals surface area contributed by atoms with Crippen LogP contribution < -0.4 is 10.6 Å². The molecule has 0 unspecified atom stereocenters. The number of carbonyl (C=O) groups excluding carboxylic acids is 3. The monoisotopic (exact) mass is 397 g/mol. The Hall–Kier alpha value is -4.19. The molecule has 0 atom stereocenters. The molecule has 6 nitrogen and oxygen atoms in total. The number of H-pyrrole nitrogens is 1. The zero-order chi connectivity index (χ0) is 21.1. The molecule has 0 aliphatic carbocycles. The fourth-order valence-electron chi connectivity index (χ4n) is 3.42. The summed E-state index contributed by atoms with van der Waals surface area (Å²) < 4.78 is 0. The van der Waals surface area contributed by atoms with Crippen molar-refractivity contribution >= 4 is 34.2 Å². The maximum atomic E-state index is 13.2. The number of Topliss-reactive ketones (excluding diaryl/α,β-unsaturated/α-hetero) is 1. The molecule has 0 aliphatic rings. The van der Waals surface area contributed by atoms with Gasteiger partial charge >= 0.3 is 0 Å². The summed E-state index contributed by atoms with van der Waals surface area (Å²) in [7, 11) is 1.50. The van der Waals surface area contributed by atoms with Gasteiger partial charge in [0.05, 0.1) is 22.5 Å². The van der Waals surface area contributed by atoms with E-state index in [2.05, 4.69) is 15.6 Å². The van der Waals surface area contributed by atoms with E-state index in [-0.39, 0.29) is 17.2 Å². The Morgan fingerprint density at radius 2 is 1.47 bits per heavy atom. The smallest absolute Gasteiger partial charge is 0.296 e. The van der Waals surface area contributed by atoms with Crippen molar-refractivity contribution in [3.8, 4) is 11.3 Å². The van der Waals surface area contributed by atoms with Gasteiger partial charge in [-0.15, -0.1) is 0 Å². The Bertz CT molecular complexity index is 1260. The van der Waals surface area contributed by atoms with E-state index < -0.39 is 11.7 Å². The molecule has 0 saturated heterocycles. The van der Waals surface area contributed by atoms with E-state index in [0.29, 0.717) is 16.6 Å². The topological polar surface area (TPSA) is 91.1 Å². The van der Waals surface area contributed by atoms with Crippen LogP contribution in [0.2, 0.25) is 0 Å². The van der Waals surface area contributed by atoms with Crippen molar-refractivity contribution in [2.24, 2.45) is 0 Å². The van der Waals surface area contributed by atoms with Gasteiger partial charge in [0.25, 0.3) is 17.6 Å². The summed E-state index contributed by atoms with van der Waals surface area (Å²) in [5.74, 6) is -1.85. The van der Waals surface area contributed by atoms with Gasteiger partial charge in [0.1, 0.15) is 0 Å². The Labute approximate surface area is 172 Å². The lowest BCUT2D eigenvalue weighted by molar-refractivity contribution is -0.112. The number of hydrogen-bond donors (Lipinski definition) is 3. The first-order valence-electron chi connectivity index (χ1n) is 9.43. The highest BCUT2D eigenvalue weighted by Crippen LogP contribution is 2.31. The highest BCUT2D eigenvalue weighted by molar-refractivity contribution is 6.49. The number of benzene rings is 3. The predicted molar refractivity (Wildman–Crippen MR) is 117 cm³/mol. The van der Waals surface area contributed by atoms with Gasteiger partial charge in [-0.05, 0) is 23.8 Å².